The summed E-state index contributed by atoms with van der Waals surface area (Å²) in [6, 6.07) is 5.18. The molecule has 28 heavy (non-hydrogen) atoms. The predicted molar refractivity (Wildman–Crippen MR) is 113 cm³/mol. The summed E-state index contributed by atoms with van der Waals surface area (Å²) in [7, 11) is 0. The minimum absolute atomic E-state index is 0.0870. The molecule has 0 atom stereocenters. The molecule has 1 saturated heterocycles. The number of likely N-dealkylation sites (tertiary alicyclic amines) is 1. The third-order valence-corrected chi connectivity index (χ3v) is 4.86. The van der Waals surface area contributed by atoms with Crippen LogP contribution in [0.4, 0.5) is 9.18 Å². The zero-order chi connectivity index (χ0) is 20.9. The smallest absolute Gasteiger partial charge is 0.410 e. The van der Waals surface area contributed by atoms with Crippen molar-refractivity contribution in [3.05, 3.63) is 35.1 Å². The molecule has 0 saturated carbocycles. The quantitative estimate of drug-likeness (QED) is 0.610. The summed E-state index contributed by atoms with van der Waals surface area (Å²) < 4.78 is 20.1. The molecule has 1 amide bonds. The van der Waals surface area contributed by atoms with Crippen molar-refractivity contribution in [3.8, 4) is 0 Å². The van der Waals surface area contributed by atoms with Crippen molar-refractivity contribution >= 4 is 12.3 Å². The SMILES string of the molecule is CC(C)(C)CC/N=C/c1cccc(F)c1C1CCN(C(=O)OC(C)(C)C)CC1. The van der Waals surface area contributed by atoms with E-state index in [1.54, 1.807) is 11.0 Å². The lowest BCUT2D eigenvalue weighted by Crippen LogP contribution is -2.41. The topological polar surface area (TPSA) is 41.9 Å². The van der Waals surface area contributed by atoms with Crippen molar-refractivity contribution in [1.82, 2.24) is 4.90 Å². The number of piperidine rings is 1. The average Bonchev–Trinajstić information content (AvgIpc) is 2.57. The molecule has 1 aliphatic rings. The van der Waals surface area contributed by atoms with Crippen LogP contribution in [0.25, 0.3) is 0 Å². The van der Waals surface area contributed by atoms with E-state index in [0.717, 1.165) is 36.9 Å². The molecule has 1 aromatic rings. The summed E-state index contributed by atoms with van der Waals surface area (Å²) in [4.78, 5) is 18.5. The van der Waals surface area contributed by atoms with Gasteiger partial charge in [-0.15, -0.1) is 0 Å². The molecule has 1 fully saturated rings. The van der Waals surface area contributed by atoms with Gasteiger partial charge in [0.05, 0.1) is 0 Å². The molecule has 1 aromatic carbocycles. The Balaban J connectivity index is 2.04. The van der Waals surface area contributed by atoms with E-state index in [4.69, 9.17) is 4.74 Å². The summed E-state index contributed by atoms with van der Waals surface area (Å²) in [5, 5.41) is 0. The Morgan fingerprint density at radius 1 is 1.21 bits per heavy atom. The van der Waals surface area contributed by atoms with Crippen LogP contribution in [0.15, 0.2) is 23.2 Å². The maximum Gasteiger partial charge on any atom is 0.410 e. The molecule has 2 rings (SSSR count). The summed E-state index contributed by atoms with van der Waals surface area (Å²) in [6.07, 6.45) is 3.96. The number of halogens is 1. The first-order chi connectivity index (χ1) is 13.0. The van der Waals surface area contributed by atoms with E-state index in [1.807, 2.05) is 33.1 Å². The fraction of sp³-hybridized carbons (Fsp3) is 0.652. The van der Waals surface area contributed by atoms with E-state index in [0.29, 0.717) is 13.1 Å². The van der Waals surface area contributed by atoms with Gasteiger partial charge in [0, 0.05) is 25.8 Å². The van der Waals surface area contributed by atoms with Crippen LogP contribution in [0.5, 0.6) is 0 Å². The van der Waals surface area contributed by atoms with Crippen molar-refractivity contribution in [2.24, 2.45) is 10.4 Å². The monoisotopic (exact) mass is 390 g/mol. The van der Waals surface area contributed by atoms with Crippen molar-refractivity contribution in [2.45, 2.75) is 72.3 Å². The number of carbonyl (C=O) groups excluding carboxylic acids is 1. The molecule has 156 valence electrons. The Morgan fingerprint density at radius 2 is 1.86 bits per heavy atom. The first kappa shape index (κ1) is 22.4. The standard InChI is InChI=1S/C23H35FN2O2/c1-22(2,3)12-13-25-16-18-8-7-9-19(24)20(18)17-10-14-26(15-11-17)21(27)28-23(4,5)6/h7-9,16-17H,10-15H2,1-6H3/b25-16+. The van der Waals surface area contributed by atoms with Crippen LogP contribution in [0.2, 0.25) is 0 Å². The number of aliphatic imine (C=N–C) groups is 1. The van der Waals surface area contributed by atoms with Gasteiger partial charge >= 0.3 is 6.09 Å². The summed E-state index contributed by atoms with van der Waals surface area (Å²) in [6.45, 7) is 14.0. The highest BCUT2D eigenvalue weighted by Crippen LogP contribution is 2.32. The van der Waals surface area contributed by atoms with E-state index in [9.17, 15) is 9.18 Å². The van der Waals surface area contributed by atoms with Crippen LogP contribution >= 0.6 is 0 Å². The molecule has 0 aromatic heterocycles. The number of carbonyl (C=O) groups is 1. The van der Waals surface area contributed by atoms with Crippen LogP contribution < -0.4 is 0 Å². The van der Waals surface area contributed by atoms with E-state index in [1.165, 1.54) is 6.07 Å². The lowest BCUT2D eigenvalue weighted by molar-refractivity contribution is 0.0204. The average molecular weight is 391 g/mol. The molecule has 0 N–H and O–H groups in total. The van der Waals surface area contributed by atoms with Crippen molar-refractivity contribution < 1.29 is 13.9 Å². The van der Waals surface area contributed by atoms with Crippen LogP contribution in [-0.2, 0) is 4.74 Å². The maximum absolute atomic E-state index is 14.6. The Bertz CT molecular complexity index is 694. The largest absolute Gasteiger partial charge is 0.444 e. The number of hydrogen-bond acceptors (Lipinski definition) is 3. The molecule has 5 heteroatoms. The van der Waals surface area contributed by atoms with Gasteiger partial charge in [-0.3, -0.25) is 4.99 Å². The van der Waals surface area contributed by atoms with E-state index < -0.39 is 5.60 Å². The molecule has 0 radical (unpaired) electrons. The van der Waals surface area contributed by atoms with Gasteiger partial charge in [-0.25, -0.2) is 9.18 Å². The molecule has 0 unspecified atom stereocenters. The zero-order valence-corrected chi connectivity index (χ0v) is 18.2. The normalized spacial score (nSPS) is 16.6. The van der Waals surface area contributed by atoms with Gasteiger partial charge < -0.3 is 9.64 Å². The predicted octanol–water partition coefficient (Wildman–Crippen LogP) is 5.80. The van der Waals surface area contributed by atoms with Crippen molar-refractivity contribution in [3.63, 3.8) is 0 Å². The molecule has 4 nitrogen and oxygen atoms in total. The second kappa shape index (κ2) is 9.06. The molecule has 0 spiro atoms. The Kier molecular flexibility index (Phi) is 7.24. The number of ether oxygens (including phenoxy) is 1. The second-order valence-electron chi connectivity index (χ2n) is 9.83. The maximum atomic E-state index is 14.6. The van der Waals surface area contributed by atoms with E-state index in [2.05, 4.69) is 25.8 Å². The van der Waals surface area contributed by atoms with Crippen molar-refractivity contribution in [1.29, 1.82) is 0 Å². The number of rotatable bonds is 4. The lowest BCUT2D eigenvalue weighted by atomic mass is 9.86. The number of amides is 1. The first-order valence-corrected chi connectivity index (χ1v) is 10.2. The number of benzene rings is 1. The van der Waals surface area contributed by atoms with Gasteiger partial charge in [0.1, 0.15) is 11.4 Å². The molecule has 1 aliphatic heterocycles. The Hall–Kier alpha value is -1.91. The minimum Gasteiger partial charge on any atom is -0.444 e. The van der Waals surface area contributed by atoms with Gasteiger partial charge in [0.25, 0.3) is 0 Å². The molecular formula is C23H35FN2O2. The Morgan fingerprint density at radius 3 is 2.43 bits per heavy atom. The fourth-order valence-electron chi connectivity index (χ4n) is 3.34. The van der Waals surface area contributed by atoms with E-state index in [-0.39, 0.29) is 23.2 Å². The highest BCUT2D eigenvalue weighted by Gasteiger charge is 2.29. The zero-order valence-electron chi connectivity index (χ0n) is 18.2. The highest BCUT2D eigenvalue weighted by atomic mass is 19.1. The van der Waals surface area contributed by atoms with Gasteiger partial charge in [-0.1, -0.05) is 32.9 Å². The lowest BCUT2D eigenvalue weighted by Gasteiger charge is -2.34. The van der Waals surface area contributed by atoms with Crippen molar-refractivity contribution in [2.75, 3.05) is 19.6 Å². The minimum atomic E-state index is -0.504. The van der Waals surface area contributed by atoms with Gasteiger partial charge in [0.15, 0.2) is 0 Å². The third kappa shape index (κ3) is 6.92. The van der Waals surface area contributed by atoms with E-state index >= 15 is 0 Å². The molecular weight excluding hydrogens is 355 g/mol. The van der Waals surface area contributed by atoms with Gasteiger partial charge in [0.2, 0.25) is 0 Å². The van der Waals surface area contributed by atoms with Crippen LogP contribution in [0.3, 0.4) is 0 Å². The number of hydrogen-bond donors (Lipinski definition) is 0. The second-order valence-corrected chi connectivity index (χ2v) is 9.83. The van der Waals surface area contributed by atoms with Crippen LogP contribution in [0.1, 0.15) is 77.8 Å². The number of nitrogens with zero attached hydrogens (tertiary/aromatic N) is 2. The van der Waals surface area contributed by atoms with Gasteiger partial charge in [-0.05, 0) is 68.6 Å². The summed E-state index contributed by atoms with van der Waals surface area (Å²) >= 11 is 0. The van der Waals surface area contributed by atoms with Crippen LogP contribution in [-0.4, -0.2) is 42.4 Å². The fourth-order valence-corrected chi connectivity index (χ4v) is 3.34. The molecule has 0 bridgehead atoms. The third-order valence-electron chi connectivity index (χ3n) is 4.86. The summed E-state index contributed by atoms with van der Waals surface area (Å²) in [5.74, 6) is -0.0977. The molecule has 0 aliphatic carbocycles. The first-order valence-electron chi connectivity index (χ1n) is 10.2. The molecule has 1 heterocycles. The highest BCUT2D eigenvalue weighted by molar-refractivity contribution is 5.82. The van der Waals surface area contributed by atoms with Gasteiger partial charge in [-0.2, -0.15) is 0 Å². The van der Waals surface area contributed by atoms with Crippen LogP contribution in [0, 0.1) is 11.2 Å². The Labute approximate surface area is 169 Å². The summed E-state index contributed by atoms with van der Waals surface area (Å²) in [5.41, 5.74) is 1.31.